The fourth-order valence-corrected chi connectivity index (χ4v) is 3.91. The monoisotopic (exact) mass is 380 g/mol. The van der Waals surface area contributed by atoms with Crippen molar-refractivity contribution in [1.82, 2.24) is 9.71 Å². The van der Waals surface area contributed by atoms with E-state index >= 15 is 0 Å². The van der Waals surface area contributed by atoms with E-state index in [0.29, 0.717) is 18.1 Å². The van der Waals surface area contributed by atoms with E-state index < -0.39 is 10.0 Å². The van der Waals surface area contributed by atoms with Gasteiger partial charge in [0.1, 0.15) is 5.01 Å². The van der Waals surface area contributed by atoms with Crippen LogP contribution in [0.4, 0.5) is 0 Å². The van der Waals surface area contributed by atoms with Gasteiger partial charge in [-0.15, -0.1) is 11.3 Å². The van der Waals surface area contributed by atoms with Crippen LogP contribution >= 0.6 is 34.5 Å². The fourth-order valence-electron chi connectivity index (χ4n) is 1.69. The number of hydrogen-bond donors (Lipinski definition) is 1. The molecular formula is C13H14Cl2N2O3S2. The van der Waals surface area contributed by atoms with Crippen molar-refractivity contribution in [2.24, 2.45) is 0 Å². The molecule has 0 amide bonds. The number of aromatic nitrogens is 1. The maximum absolute atomic E-state index is 12.1. The van der Waals surface area contributed by atoms with Crippen LogP contribution in [0.1, 0.15) is 10.7 Å². The zero-order chi connectivity index (χ0) is 16.2. The third kappa shape index (κ3) is 4.65. The van der Waals surface area contributed by atoms with Crippen molar-refractivity contribution in [3.05, 3.63) is 44.3 Å². The SMILES string of the molecule is COCc1nc(CCNS(=O)(=O)c2ccc(Cl)c(Cl)c2)cs1. The summed E-state index contributed by atoms with van der Waals surface area (Å²) in [4.78, 5) is 4.42. The van der Waals surface area contributed by atoms with E-state index in [9.17, 15) is 8.42 Å². The smallest absolute Gasteiger partial charge is 0.240 e. The molecule has 5 nitrogen and oxygen atoms in total. The number of benzene rings is 1. The van der Waals surface area contributed by atoms with Gasteiger partial charge >= 0.3 is 0 Å². The first-order valence-corrected chi connectivity index (χ1v) is 9.41. The molecular weight excluding hydrogens is 367 g/mol. The minimum absolute atomic E-state index is 0.0836. The first kappa shape index (κ1) is 17.7. The van der Waals surface area contributed by atoms with Crippen molar-refractivity contribution in [1.29, 1.82) is 0 Å². The van der Waals surface area contributed by atoms with Gasteiger partial charge in [-0.2, -0.15) is 0 Å². The van der Waals surface area contributed by atoms with Crippen molar-refractivity contribution in [3.63, 3.8) is 0 Å². The van der Waals surface area contributed by atoms with E-state index in [4.69, 9.17) is 27.9 Å². The number of sulfonamides is 1. The molecule has 2 rings (SSSR count). The van der Waals surface area contributed by atoms with E-state index in [-0.39, 0.29) is 16.5 Å². The third-order valence-corrected chi connectivity index (χ3v) is 5.81. The topological polar surface area (TPSA) is 68.3 Å². The molecule has 0 unspecified atom stereocenters. The standard InChI is InChI=1S/C13H14Cl2N2O3S2/c1-20-7-13-17-9(8-21-13)4-5-16-22(18,19)10-2-3-11(14)12(15)6-10/h2-3,6,8,16H,4-5,7H2,1H3. The lowest BCUT2D eigenvalue weighted by atomic mass is 10.3. The van der Waals surface area contributed by atoms with Crippen molar-refractivity contribution in [3.8, 4) is 0 Å². The largest absolute Gasteiger partial charge is 0.378 e. The van der Waals surface area contributed by atoms with E-state index in [2.05, 4.69) is 9.71 Å². The van der Waals surface area contributed by atoms with Crippen LogP contribution in [0.2, 0.25) is 10.0 Å². The van der Waals surface area contributed by atoms with Crippen LogP contribution in [-0.4, -0.2) is 27.1 Å². The number of nitrogens with one attached hydrogen (secondary N) is 1. The molecule has 22 heavy (non-hydrogen) atoms. The highest BCUT2D eigenvalue weighted by molar-refractivity contribution is 7.89. The van der Waals surface area contributed by atoms with Crippen molar-refractivity contribution in [2.45, 2.75) is 17.9 Å². The predicted molar refractivity (Wildman–Crippen MR) is 88.2 cm³/mol. The first-order chi connectivity index (χ1) is 10.4. The summed E-state index contributed by atoms with van der Waals surface area (Å²) in [5.41, 5.74) is 0.828. The molecule has 1 aromatic carbocycles. The van der Waals surface area contributed by atoms with Crippen molar-refractivity contribution in [2.75, 3.05) is 13.7 Å². The normalized spacial score (nSPS) is 11.8. The average Bonchev–Trinajstić information content (AvgIpc) is 2.89. The van der Waals surface area contributed by atoms with Crippen LogP contribution in [-0.2, 0) is 27.8 Å². The Morgan fingerprint density at radius 2 is 2.09 bits per heavy atom. The minimum atomic E-state index is -3.62. The Bertz CT molecular complexity index is 747. The molecule has 1 N–H and O–H groups in total. The Kier molecular flexibility index (Phi) is 6.19. The summed E-state index contributed by atoms with van der Waals surface area (Å²) in [6.07, 6.45) is 0.501. The maximum Gasteiger partial charge on any atom is 0.240 e. The molecule has 2 aromatic rings. The Labute approximate surface area is 143 Å². The number of halogens is 2. The van der Waals surface area contributed by atoms with Crippen LogP contribution in [0, 0.1) is 0 Å². The zero-order valence-electron chi connectivity index (χ0n) is 11.7. The van der Waals surface area contributed by atoms with Gasteiger partial charge in [0.05, 0.1) is 27.2 Å². The van der Waals surface area contributed by atoms with Gasteiger partial charge in [-0.1, -0.05) is 23.2 Å². The van der Waals surface area contributed by atoms with Gasteiger partial charge in [-0.05, 0) is 18.2 Å². The van der Waals surface area contributed by atoms with Gasteiger partial charge in [0.2, 0.25) is 10.0 Å². The number of nitrogens with zero attached hydrogens (tertiary/aromatic N) is 1. The van der Waals surface area contributed by atoms with E-state index in [1.54, 1.807) is 7.11 Å². The highest BCUT2D eigenvalue weighted by Gasteiger charge is 2.15. The van der Waals surface area contributed by atoms with Gasteiger partial charge in [0, 0.05) is 25.5 Å². The quantitative estimate of drug-likeness (QED) is 0.800. The molecule has 0 spiro atoms. The summed E-state index contributed by atoms with van der Waals surface area (Å²) in [7, 11) is -2.01. The van der Waals surface area contributed by atoms with Gasteiger partial charge in [0.15, 0.2) is 0 Å². The molecule has 0 saturated heterocycles. The van der Waals surface area contributed by atoms with E-state index in [0.717, 1.165) is 10.7 Å². The Balaban J connectivity index is 1.95. The number of rotatable bonds is 7. The van der Waals surface area contributed by atoms with Crippen LogP contribution in [0.5, 0.6) is 0 Å². The Hall–Kier alpha value is -0.700. The molecule has 0 aliphatic rings. The molecule has 0 fully saturated rings. The molecule has 0 radical (unpaired) electrons. The predicted octanol–water partition coefficient (Wildman–Crippen LogP) is 3.12. The highest BCUT2D eigenvalue weighted by Crippen LogP contribution is 2.24. The second-order valence-electron chi connectivity index (χ2n) is 4.39. The van der Waals surface area contributed by atoms with Crippen LogP contribution in [0.15, 0.2) is 28.5 Å². The number of hydrogen-bond acceptors (Lipinski definition) is 5. The lowest BCUT2D eigenvalue weighted by molar-refractivity contribution is 0.184. The number of thiazole rings is 1. The van der Waals surface area contributed by atoms with Crippen molar-refractivity contribution < 1.29 is 13.2 Å². The Morgan fingerprint density at radius 1 is 1.32 bits per heavy atom. The van der Waals surface area contributed by atoms with Gasteiger partial charge in [-0.3, -0.25) is 0 Å². The number of methoxy groups -OCH3 is 1. The molecule has 0 aliphatic carbocycles. The lowest BCUT2D eigenvalue weighted by Crippen LogP contribution is -2.26. The average molecular weight is 381 g/mol. The molecule has 0 saturated carbocycles. The van der Waals surface area contributed by atoms with Crippen LogP contribution < -0.4 is 4.72 Å². The van der Waals surface area contributed by atoms with Gasteiger partial charge in [-0.25, -0.2) is 18.1 Å². The summed E-state index contributed by atoms with van der Waals surface area (Å²) in [6, 6.07) is 4.19. The second kappa shape index (κ2) is 7.72. The first-order valence-electron chi connectivity index (χ1n) is 6.29. The van der Waals surface area contributed by atoms with Crippen LogP contribution in [0.3, 0.4) is 0 Å². The summed E-state index contributed by atoms with van der Waals surface area (Å²) in [5, 5.41) is 3.27. The van der Waals surface area contributed by atoms with Gasteiger partial charge < -0.3 is 4.74 Å². The summed E-state index contributed by atoms with van der Waals surface area (Å²) in [6.45, 7) is 0.707. The molecule has 0 bridgehead atoms. The number of ether oxygens (including phenoxy) is 1. The molecule has 1 heterocycles. The molecule has 120 valence electrons. The van der Waals surface area contributed by atoms with Gasteiger partial charge in [0.25, 0.3) is 0 Å². The molecule has 0 aliphatic heterocycles. The van der Waals surface area contributed by atoms with Crippen LogP contribution in [0.25, 0.3) is 0 Å². The zero-order valence-corrected chi connectivity index (χ0v) is 14.8. The summed E-state index contributed by atoms with van der Waals surface area (Å²) in [5.74, 6) is 0. The third-order valence-electron chi connectivity index (χ3n) is 2.74. The molecule has 9 heteroatoms. The van der Waals surface area contributed by atoms with Crippen molar-refractivity contribution >= 4 is 44.6 Å². The second-order valence-corrected chi connectivity index (χ2v) is 7.91. The summed E-state index contributed by atoms with van der Waals surface area (Å²) >= 11 is 13.1. The maximum atomic E-state index is 12.1. The molecule has 0 atom stereocenters. The molecule has 1 aromatic heterocycles. The lowest BCUT2D eigenvalue weighted by Gasteiger charge is -2.07. The van der Waals surface area contributed by atoms with E-state index in [1.165, 1.54) is 29.5 Å². The Morgan fingerprint density at radius 3 is 2.77 bits per heavy atom. The van der Waals surface area contributed by atoms with E-state index in [1.807, 2.05) is 5.38 Å². The fraction of sp³-hybridized carbons (Fsp3) is 0.308. The summed E-state index contributed by atoms with van der Waals surface area (Å²) < 4.78 is 31.8. The minimum Gasteiger partial charge on any atom is -0.378 e. The highest BCUT2D eigenvalue weighted by atomic mass is 35.5.